The van der Waals surface area contributed by atoms with Crippen molar-refractivity contribution in [3.8, 4) is 0 Å². The molecule has 0 spiro atoms. The second-order valence-electron chi connectivity index (χ2n) is 8.73. The number of unbranched alkanes of at least 4 members (excludes halogenated alkanes) is 9. The third-order valence-electron chi connectivity index (χ3n) is 5.51. The van der Waals surface area contributed by atoms with Crippen molar-refractivity contribution in [2.45, 2.75) is 109 Å². The van der Waals surface area contributed by atoms with Gasteiger partial charge in [0.2, 0.25) is 12.0 Å². The minimum atomic E-state index is -1.53. The first-order valence-electron chi connectivity index (χ1n) is 12.5. The molecule has 0 bridgehead atoms. The first-order valence-corrected chi connectivity index (χ1v) is 12.5. The summed E-state index contributed by atoms with van der Waals surface area (Å²) in [5, 5.41) is 48.5. The topological polar surface area (TPSA) is 155 Å². The largest absolute Gasteiger partial charge is 0.499 e. The van der Waals surface area contributed by atoms with E-state index in [4.69, 9.17) is 18.9 Å². The van der Waals surface area contributed by atoms with Crippen LogP contribution in [0.1, 0.15) is 78.1 Å². The molecule has 3 unspecified atom stereocenters. The number of cyclic esters (lactones) is 1. The van der Waals surface area contributed by atoms with Crippen LogP contribution in [0.25, 0.3) is 0 Å². The lowest BCUT2D eigenvalue weighted by Crippen LogP contribution is -2.41. The normalized spacial score (nSPS) is 19.7. The molecule has 1 rings (SSSR count). The van der Waals surface area contributed by atoms with Gasteiger partial charge in [-0.1, -0.05) is 64.7 Å². The number of hydrogen-bond donors (Lipinski definition) is 5. The highest BCUT2D eigenvalue weighted by Gasteiger charge is 2.43. The number of aliphatic hydroxyl groups excluding tert-OH is 5. The van der Waals surface area contributed by atoms with Crippen LogP contribution in [-0.4, -0.2) is 88.6 Å². The molecule has 1 heterocycles. The number of aliphatic hydroxyl groups is 5. The maximum Gasteiger partial charge on any atom is 0.378 e. The van der Waals surface area contributed by atoms with Crippen molar-refractivity contribution in [3.63, 3.8) is 0 Å². The highest BCUT2D eigenvalue weighted by atomic mass is 16.7. The highest BCUT2D eigenvalue weighted by Crippen LogP contribution is 2.27. The molecule has 10 heteroatoms. The molecular weight excluding hydrogens is 448 g/mol. The predicted molar refractivity (Wildman–Crippen MR) is 124 cm³/mol. The molecule has 0 aromatic carbocycles. The van der Waals surface area contributed by atoms with Gasteiger partial charge in [0.15, 0.2) is 11.9 Å². The fourth-order valence-electron chi connectivity index (χ4n) is 3.55. The molecule has 0 saturated heterocycles. The van der Waals surface area contributed by atoms with Gasteiger partial charge in [-0.25, -0.2) is 4.79 Å². The van der Waals surface area contributed by atoms with Crippen molar-refractivity contribution in [2.24, 2.45) is 0 Å². The van der Waals surface area contributed by atoms with Crippen LogP contribution >= 0.6 is 0 Å². The Labute approximate surface area is 202 Å². The summed E-state index contributed by atoms with van der Waals surface area (Å²) in [5.74, 6) is -2.41. The zero-order chi connectivity index (χ0) is 25.3. The Morgan fingerprint density at radius 3 is 2.03 bits per heavy atom. The van der Waals surface area contributed by atoms with Gasteiger partial charge in [-0.05, 0) is 13.3 Å². The summed E-state index contributed by atoms with van der Waals surface area (Å²) in [6.45, 7) is 2.64. The molecule has 5 N–H and O–H groups in total. The van der Waals surface area contributed by atoms with Crippen LogP contribution in [0.2, 0.25) is 0 Å². The van der Waals surface area contributed by atoms with E-state index in [1.807, 2.05) is 0 Å². The van der Waals surface area contributed by atoms with E-state index in [0.717, 1.165) is 19.3 Å². The minimum Gasteiger partial charge on any atom is -0.499 e. The van der Waals surface area contributed by atoms with Crippen LogP contribution in [0, 0.1) is 0 Å². The Bertz CT molecular complexity index is 580. The third-order valence-corrected chi connectivity index (χ3v) is 5.51. The van der Waals surface area contributed by atoms with E-state index in [9.17, 15) is 30.3 Å². The molecule has 0 radical (unpaired) electrons. The van der Waals surface area contributed by atoms with E-state index in [1.54, 1.807) is 0 Å². The van der Waals surface area contributed by atoms with Crippen molar-refractivity contribution in [3.05, 3.63) is 11.5 Å². The second kappa shape index (κ2) is 17.9. The Kier molecular flexibility index (Phi) is 16.1. The first kappa shape index (κ1) is 30.6. The fraction of sp³-hybridized carbons (Fsp3) is 0.875. The first-order chi connectivity index (χ1) is 16.3. The van der Waals surface area contributed by atoms with Crippen molar-refractivity contribution < 1.29 is 49.3 Å². The van der Waals surface area contributed by atoms with E-state index in [0.29, 0.717) is 6.61 Å². The van der Waals surface area contributed by atoms with E-state index < -0.39 is 61.4 Å². The van der Waals surface area contributed by atoms with Crippen molar-refractivity contribution >= 4 is 5.97 Å². The number of rotatable bonds is 21. The molecule has 0 saturated carbocycles. The van der Waals surface area contributed by atoms with Gasteiger partial charge in [0.1, 0.15) is 12.2 Å². The van der Waals surface area contributed by atoms with Gasteiger partial charge in [-0.3, -0.25) is 0 Å². The SMILES string of the molecule is CCCCCCCCCCCCOC(CO)C(OCC(C)O)OC1=C(O)C(=O)O[C@@H]1[C@@H](O)CO. The quantitative estimate of drug-likeness (QED) is 0.0913. The number of carbonyl (C=O) groups is 1. The molecular formula is C24H44O10. The average Bonchev–Trinajstić information content (AvgIpc) is 3.10. The van der Waals surface area contributed by atoms with E-state index >= 15 is 0 Å². The van der Waals surface area contributed by atoms with Crippen LogP contribution in [0.15, 0.2) is 11.5 Å². The number of hydrogen-bond acceptors (Lipinski definition) is 10. The lowest BCUT2D eigenvalue weighted by Gasteiger charge is -2.29. The minimum absolute atomic E-state index is 0.168. The smallest absolute Gasteiger partial charge is 0.378 e. The van der Waals surface area contributed by atoms with Crippen LogP contribution in [0.4, 0.5) is 0 Å². The molecule has 0 amide bonds. The average molecular weight is 493 g/mol. The van der Waals surface area contributed by atoms with Crippen LogP contribution < -0.4 is 0 Å². The second-order valence-corrected chi connectivity index (χ2v) is 8.73. The van der Waals surface area contributed by atoms with Crippen LogP contribution in [0.3, 0.4) is 0 Å². The van der Waals surface area contributed by atoms with E-state index in [1.165, 1.54) is 51.9 Å². The molecule has 0 aliphatic carbocycles. The number of ether oxygens (including phenoxy) is 4. The lowest BCUT2D eigenvalue weighted by molar-refractivity contribution is -0.214. The highest BCUT2D eigenvalue weighted by molar-refractivity contribution is 5.89. The van der Waals surface area contributed by atoms with Crippen molar-refractivity contribution in [1.29, 1.82) is 0 Å². The standard InChI is InChI=1S/C24H44O10/c1-3-4-5-6-7-8-9-10-11-12-13-31-19(15-26)24(32-16-17(2)27)34-22-20(29)23(30)33-21(22)18(28)14-25/h17-19,21,24-29H,3-16H2,1-2H3/t17?,18-,19?,21+,24?/m0/s1. The Morgan fingerprint density at radius 1 is 0.912 bits per heavy atom. The number of carbonyl (C=O) groups excluding carboxylic acids is 1. The van der Waals surface area contributed by atoms with Crippen LogP contribution in [0.5, 0.6) is 0 Å². The molecule has 200 valence electrons. The summed E-state index contributed by atoms with van der Waals surface area (Å²) in [4.78, 5) is 11.7. The van der Waals surface area contributed by atoms with Crippen LogP contribution in [-0.2, 0) is 23.7 Å². The number of esters is 1. The molecule has 0 aromatic heterocycles. The Morgan fingerprint density at radius 2 is 1.50 bits per heavy atom. The molecule has 0 aromatic rings. The summed E-state index contributed by atoms with van der Waals surface area (Å²) >= 11 is 0. The van der Waals surface area contributed by atoms with Crippen molar-refractivity contribution in [1.82, 2.24) is 0 Å². The van der Waals surface area contributed by atoms with Gasteiger partial charge in [-0.15, -0.1) is 0 Å². The Hall–Kier alpha value is -1.43. The van der Waals surface area contributed by atoms with Gasteiger partial charge in [0.25, 0.3) is 0 Å². The lowest BCUT2D eigenvalue weighted by atomic mass is 10.1. The van der Waals surface area contributed by atoms with Gasteiger partial charge < -0.3 is 44.5 Å². The molecule has 1 aliphatic heterocycles. The van der Waals surface area contributed by atoms with Gasteiger partial charge in [0.05, 0.1) is 25.9 Å². The van der Waals surface area contributed by atoms with Gasteiger partial charge in [0, 0.05) is 6.61 Å². The zero-order valence-corrected chi connectivity index (χ0v) is 20.6. The molecule has 1 aliphatic rings. The molecule has 5 atom stereocenters. The molecule has 10 nitrogen and oxygen atoms in total. The maximum absolute atomic E-state index is 11.7. The summed E-state index contributed by atoms with van der Waals surface area (Å²) in [7, 11) is 0. The van der Waals surface area contributed by atoms with Gasteiger partial charge in [-0.2, -0.15) is 0 Å². The van der Waals surface area contributed by atoms with E-state index in [2.05, 4.69) is 6.92 Å². The third kappa shape index (κ3) is 11.3. The van der Waals surface area contributed by atoms with Gasteiger partial charge >= 0.3 is 5.97 Å². The fourth-order valence-corrected chi connectivity index (χ4v) is 3.55. The predicted octanol–water partition coefficient (Wildman–Crippen LogP) is 2.07. The Balaban J connectivity index is 2.55. The van der Waals surface area contributed by atoms with Crippen molar-refractivity contribution in [2.75, 3.05) is 26.4 Å². The summed E-state index contributed by atoms with van der Waals surface area (Å²) in [6, 6.07) is 0. The zero-order valence-electron chi connectivity index (χ0n) is 20.6. The molecule has 0 fully saturated rings. The monoisotopic (exact) mass is 492 g/mol. The summed E-state index contributed by atoms with van der Waals surface area (Å²) in [5.41, 5.74) is 0. The maximum atomic E-state index is 11.7. The molecule has 34 heavy (non-hydrogen) atoms. The summed E-state index contributed by atoms with van der Waals surface area (Å²) in [6.07, 6.45) is 5.58. The summed E-state index contributed by atoms with van der Waals surface area (Å²) < 4.78 is 21.7. The van der Waals surface area contributed by atoms with E-state index in [-0.39, 0.29) is 6.61 Å².